The van der Waals surface area contributed by atoms with Crippen molar-refractivity contribution in [3.05, 3.63) is 36.0 Å². The molecule has 1 amide bonds. The van der Waals surface area contributed by atoms with Gasteiger partial charge in [-0.25, -0.2) is 0 Å². The molecule has 23 heavy (non-hydrogen) atoms. The molecule has 1 heterocycles. The molecule has 0 unspecified atom stereocenters. The second kappa shape index (κ2) is 7.18. The summed E-state index contributed by atoms with van der Waals surface area (Å²) in [6, 6.07) is 8.61. The lowest BCUT2D eigenvalue weighted by molar-refractivity contribution is -0.122. The van der Waals surface area contributed by atoms with Crippen molar-refractivity contribution in [2.45, 2.75) is 44.6 Å². The highest BCUT2D eigenvalue weighted by atomic mass is 16.3. The predicted octanol–water partition coefficient (Wildman–Crippen LogP) is 2.78. The maximum Gasteiger partial charge on any atom is 0.220 e. The van der Waals surface area contributed by atoms with E-state index in [9.17, 15) is 4.79 Å². The summed E-state index contributed by atoms with van der Waals surface area (Å²) >= 11 is 0. The summed E-state index contributed by atoms with van der Waals surface area (Å²) in [5, 5.41) is 13.6. The molecule has 0 bridgehead atoms. The molecule has 0 atom stereocenters. The van der Waals surface area contributed by atoms with Crippen molar-refractivity contribution in [2.24, 2.45) is 13.0 Å². The van der Waals surface area contributed by atoms with Crippen molar-refractivity contribution >= 4 is 16.8 Å². The quantitative estimate of drug-likeness (QED) is 0.891. The first-order valence-electron chi connectivity index (χ1n) is 8.60. The molecule has 2 aromatic rings. The number of aliphatic hydroxyl groups is 1. The molecule has 0 aliphatic heterocycles. The Balaban J connectivity index is 1.53. The Morgan fingerprint density at radius 3 is 2.74 bits per heavy atom. The van der Waals surface area contributed by atoms with Crippen LogP contribution in [0.2, 0.25) is 0 Å². The Kier molecular flexibility index (Phi) is 5.01. The zero-order chi connectivity index (χ0) is 16.2. The Hall–Kier alpha value is -1.81. The van der Waals surface area contributed by atoms with E-state index in [1.54, 1.807) is 0 Å². The van der Waals surface area contributed by atoms with Crippen molar-refractivity contribution < 1.29 is 9.90 Å². The van der Waals surface area contributed by atoms with Gasteiger partial charge in [-0.3, -0.25) is 4.79 Å². The molecule has 3 rings (SSSR count). The third-order valence-corrected chi connectivity index (χ3v) is 5.07. The van der Waals surface area contributed by atoms with Gasteiger partial charge in [0, 0.05) is 43.2 Å². The van der Waals surface area contributed by atoms with E-state index in [-0.39, 0.29) is 18.6 Å². The van der Waals surface area contributed by atoms with Crippen LogP contribution in [0, 0.1) is 5.92 Å². The van der Waals surface area contributed by atoms with Gasteiger partial charge in [0.25, 0.3) is 0 Å². The van der Waals surface area contributed by atoms with Crippen molar-refractivity contribution in [1.82, 2.24) is 9.88 Å². The van der Waals surface area contributed by atoms with Crippen LogP contribution in [-0.2, 0) is 18.3 Å². The topological polar surface area (TPSA) is 54.3 Å². The number of aliphatic hydroxyl groups excluding tert-OH is 1. The molecule has 0 spiro atoms. The van der Waals surface area contributed by atoms with E-state index in [1.807, 2.05) is 19.2 Å². The van der Waals surface area contributed by atoms with E-state index in [1.165, 1.54) is 16.5 Å². The Labute approximate surface area is 137 Å². The maximum atomic E-state index is 12.2. The summed E-state index contributed by atoms with van der Waals surface area (Å²) in [5.41, 5.74) is 2.45. The minimum atomic E-state index is 0.144. The molecule has 1 fully saturated rings. The van der Waals surface area contributed by atoms with Gasteiger partial charge in [-0.15, -0.1) is 0 Å². The first-order valence-corrected chi connectivity index (χ1v) is 8.60. The van der Waals surface area contributed by atoms with Crippen molar-refractivity contribution in [2.75, 3.05) is 6.61 Å². The number of aryl methyl sites for hydroxylation is 2. The van der Waals surface area contributed by atoms with E-state index in [2.05, 4.69) is 28.2 Å². The van der Waals surface area contributed by atoms with E-state index in [0.29, 0.717) is 12.3 Å². The lowest BCUT2D eigenvalue weighted by atomic mass is 9.86. The normalized spacial score (nSPS) is 21.5. The van der Waals surface area contributed by atoms with Gasteiger partial charge in [0.2, 0.25) is 5.91 Å². The number of carbonyl (C=O) groups is 1. The number of rotatable bonds is 5. The first kappa shape index (κ1) is 16.1. The SMILES string of the molecule is Cn1cc(CCC(=O)NC2CCC(CO)CC2)c2ccccc21. The zero-order valence-corrected chi connectivity index (χ0v) is 13.8. The van der Waals surface area contributed by atoms with Gasteiger partial charge in [0.15, 0.2) is 0 Å². The van der Waals surface area contributed by atoms with Gasteiger partial charge in [-0.05, 0) is 49.7 Å². The number of nitrogens with one attached hydrogen (secondary N) is 1. The number of fused-ring (bicyclic) bond motifs is 1. The van der Waals surface area contributed by atoms with Gasteiger partial charge in [-0.2, -0.15) is 0 Å². The van der Waals surface area contributed by atoms with Crippen molar-refractivity contribution in [3.8, 4) is 0 Å². The fourth-order valence-corrected chi connectivity index (χ4v) is 3.66. The fourth-order valence-electron chi connectivity index (χ4n) is 3.66. The van der Waals surface area contributed by atoms with E-state index < -0.39 is 0 Å². The molecule has 4 heteroatoms. The second-order valence-electron chi connectivity index (χ2n) is 6.75. The minimum Gasteiger partial charge on any atom is -0.396 e. The number of carbonyl (C=O) groups excluding carboxylic acids is 1. The molecule has 1 aromatic heterocycles. The molecule has 4 nitrogen and oxygen atoms in total. The predicted molar refractivity (Wildman–Crippen MR) is 92.2 cm³/mol. The Morgan fingerprint density at radius 2 is 2.00 bits per heavy atom. The van der Waals surface area contributed by atoms with Crippen LogP contribution in [0.15, 0.2) is 30.5 Å². The van der Waals surface area contributed by atoms with Crippen LogP contribution in [0.5, 0.6) is 0 Å². The Bertz CT molecular complexity index is 669. The van der Waals surface area contributed by atoms with E-state index >= 15 is 0 Å². The number of amides is 1. The lowest BCUT2D eigenvalue weighted by Gasteiger charge is -2.27. The summed E-state index contributed by atoms with van der Waals surface area (Å²) in [7, 11) is 2.05. The highest BCUT2D eigenvalue weighted by molar-refractivity contribution is 5.85. The molecule has 0 saturated heterocycles. The van der Waals surface area contributed by atoms with Crippen LogP contribution in [0.25, 0.3) is 10.9 Å². The van der Waals surface area contributed by atoms with Crippen molar-refractivity contribution in [1.29, 1.82) is 0 Å². The van der Waals surface area contributed by atoms with Gasteiger partial charge < -0.3 is 15.0 Å². The summed E-state index contributed by atoms with van der Waals surface area (Å²) in [6.07, 6.45) is 7.46. The molecule has 124 valence electrons. The lowest BCUT2D eigenvalue weighted by Crippen LogP contribution is -2.38. The molecule has 2 N–H and O–H groups in total. The molecule has 0 radical (unpaired) electrons. The molecule has 1 aliphatic carbocycles. The van der Waals surface area contributed by atoms with Crippen molar-refractivity contribution in [3.63, 3.8) is 0 Å². The summed E-state index contributed by atoms with van der Waals surface area (Å²) in [6.45, 7) is 0.280. The standard InChI is InChI=1S/C19H26N2O2/c1-21-12-15(17-4-2-3-5-18(17)21)8-11-19(23)20-16-9-6-14(13-22)7-10-16/h2-5,12,14,16,22H,6-11,13H2,1H3,(H,20,23). The third-order valence-electron chi connectivity index (χ3n) is 5.07. The van der Waals surface area contributed by atoms with Crippen LogP contribution in [0.4, 0.5) is 0 Å². The molecular formula is C19H26N2O2. The van der Waals surface area contributed by atoms with E-state index in [4.69, 9.17) is 5.11 Å². The van der Waals surface area contributed by atoms with Gasteiger partial charge in [-0.1, -0.05) is 18.2 Å². The second-order valence-corrected chi connectivity index (χ2v) is 6.75. The monoisotopic (exact) mass is 314 g/mol. The number of nitrogens with zero attached hydrogens (tertiary/aromatic N) is 1. The summed E-state index contributed by atoms with van der Waals surface area (Å²) in [4.78, 5) is 12.2. The highest BCUT2D eigenvalue weighted by Crippen LogP contribution is 2.24. The third kappa shape index (κ3) is 3.75. The van der Waals surface area contributed by atoms with Gasteiger partial charge >= 0.3 is 0 Å². The first-order chi connectivity index (χ1) is 11.2. The van der Waals surface area contributed by atoms with Gasteiger partial charge in [0.05, 0.1) is 0 Å². The number of aromatic nitrogens is 1. The van der Waals surface area contributed by atoms with Crippen LogP contribution >= 0.6 is 0 Å². The average molecular weight is 314 g/mol. The maximum absolute atomic E-state index is 12.2. The summed E-state index contributed by atoms with van der Waals surface area (Å²) in [5.74, 6) is 0.573. The molecule has 1 saturated carbocycles. The number of hydrogen-bond acceptors (Lipinski definition) is 2. The highest BCUT2D eigenvalue weighted by Gasteiger charge is 2.21. The molecule has 1 aliphatic rings. The number of benzene rings is 1. The summed E-state index contributed by atoms with van der Waals surface area (Å²) < 4.78 is 2.12. The molecular weight excluding hydrogens is 288 g/mol. The van der Waals surface area contributed by atoms with Crippen LogP contribution in [0.1, 0.15) is 37.7 Å². The smallest absolute Gasteiger partial charge is 0.220 e. The zero-order valence-electron chi connectivity index (χ0n) is 13.8. The average Bonchev–Trinajstić information content (AvgIpc) is 2.90. The van der Waals surface area contributed by atoms with Crippen LogP contribution in [0.3, 0.4) is 0 Å². The van der Waals surface area contributed by atoms with E-state index in [0.717, 1.165) is 32.1 Å². The number of hydrogen-bond donors (Lipinski definition) is 2. The number of para-hydroxylation sites is 1. The van der Waals surface area contributed by atoms with Crippen LogP contribution in [-0.4, -0.2) is 28.2 Å². The van der Waals surface area contributed by atoms with Gasteiger partial charge in [0.1, 0.15) is 0 Å². The molecule has 1 aromatic carbocycles. The largest absolute Gasteiger partial charge is 0.396 e. The van der Waals surface area contributed by atoms with Crippen LogP contribution < -0.4 is 5.32 Å². The fraction of sp³-hybridized carbons (Fsp3) is 0.526. The minimum absolute atomic E-state index is 0.144. The Morgan fingerprint density at radius 1 is 1.26 bits per heavy atom.